The minimum Gasteiger partial charge on any atom is -0.493 e. The van der Waals surface area contributed by atoms with Gasteiger partial charge in [0.05, 0.1) is 19.8 Å². The van der Waals surface area contributed by atoms with Crippen molar-refractivity contribution in [3.8, 4) is 11.5 Å². The van der Waals surface area contributed by atoms with Crippen LogP contribution in [0.25, 0.3) is 0 Å². The van der Waals surface area contributed by atoms with E-state index in [9.17, 15) is 4.79 Å². The molecule has 3 rings (SSSR count). The van der Waals surface area contributed by atoms with Gasteiger partial charge in [0.2, 0.25) is 5.91 Å². The van der Waals surface area contributed by atoms with Crippen molar-refractivity contribution < 1.29 is 14.3 Å². The first-order valence-electron chi connectivity index (χ1n) is 8.41. The average Bonchev–Trinajstić information content (AvgIpc) is 3.09. The number of nitrogens with one attached hydrogen (secondary N) is 1. The molecule has 1 amide bonds. The Morgan fingerprint density at radius 1 is 1.25 bits per heavy atom. The molecule has 2 aliphatic heterocycles. The molecule has 0 radical (unpaired) electrons. The summed E-state index contributed by atoms with van der Waals surface area (Å²) in [6.07, 6.45) is 3.73. The number of nitrogens with zero attached hydrogens (tertiary/aromatic N) is 1. The van der Waals surface area contributed by atoms with E-state index in [0.29, 0.717) is 6.54 Å². The number of rotatable bonds is 4. The number of fused-ring (bicyclic) bond motifs is 1. The molecule has 1 atom stereocenters. The van der Waals surface area contributed by atoms with Gasteiger partial charge in [-0.05, 0) is 55.5 Å². The molecule has 0 saturated carbocycles. The topological polar surface area (TPSA) is 50.8 Å². The van der Waals surface area contributed by atoms with Crippen molar-refractivity contribution >= 4 is 18.3 Å². The van der Waals surface area contributed by atoms with Crippen molar-refractivity contribution in [2.45, 2.75) is 44.7 Å². The van der Waals surface area contributed by atoms with Crippen molar-refractivity contribution in [3.05, 3.63) is 23.3 Å². The zero-order valence-electron chi connectivity index (χ0n) is 14.7. The summed E-state index contributed by atoms with van der Waals surface area (Å²) in [5.41, 5.74) is 2.05. The van der Waals surface area contributed by atoms with Crippen LogP contribution >= 0.6 is 12.4 Å². The summed E-state index contributed by atoms with van der Waals surface area (Å²) in [6.45, 7) is 4.46. The Morgan fingerprint density at radius 3 is 2.46 bits per heavy atom. The second-order valence-corrected chi connectivity index (χ2v) is 6.42. The summed E-state index contributed by atoms with van der Waals surface area (Å²) in [7, 11) is 3.30. The average molecular weight is 355 g/mol. The van der Waals surface area contributed by atoms with Crippen molar-refractivity contribution in [2.75, 3.05) is 27.3 Å². The van der Waals surface area contributed by atoms with E-state index in [1.807, 2.05) is 17.0 Å². The summed E-state index contributed by atoms with van der Waals surface area (Å²) in [5.74, 6) is 1.73. The van der Waals surface area contributed by atoms with Gasteiger partial charge < -0.3 is 19.7 Å². The van der Waals surface area contributed by atoms with Gasteiger partial charge in [0.25, 0.3) is 0 Å². The lowest BCUT2D eigenvalue weighted by molar-refractivity contribution is -0.139. The Bertz CT molecular complexity index is 600. The molecule has 134 valence electrons. The first-order chi connectivity index (χ1) is 11.1. The smallest absolute Gasteiger partial charge is 0.243 e. The molecule has 1 saturated heterocycles. The third kappa shape index (κ3) is 3.20. The van der Waals surface area contributed by atoms with Crippen molar-refractivity contribution in [2.24, 2.45) is 0 Å². The maximum absolute atomic E-state index is 13.0. The van der Waals surface area contributed by atoms with Gasteiger partial charge in [0.1, 0.15) is 0 Å². The van der Waals surface area contributed by atoms with E-state index in [2.05, 4.69) is 12.2 Å². The summed E-state index contributed by atoms with van der Waals surface area (Å²) < 4.78 is 10.8. The third-order valence-electron chi connectivity index (χ3n) is 5.26. The standard InChI is InChI=1S/C18H26N2O3.ClH/c1-4-18(7-5-8-19-18)17(21)20-9-6-13-10-15(22-2)16(23-3)11-14(13)12-20;/h10-11,19H,4-9,12H2,1-3H3;1H. The molecule has 1 N–H and O–H groups in total. The molecule has 1 aromatic carbocycles. The SMILES string of the molecule is CCC1(C(=O)N2CCc3cc(OC)c(OC)cc3C2)CCCN1.Cl. The predicted octanol–water partition coefficient (Wildman–Crippen LogP) is 2.54. The number of benzene rings is 1. The molecule has 5 nitrogen and oxygen atoms in total. The van der Waals surface area contributed by atoms with E-state index in [1.165, 1.54) is 5.56 Å². The van der Waals surface area contributed by atoms with Crippen LogP contribution in [0.2, 0.25) is 0 Å². The second kappa shape index (κ2) is 7.62. The Balaban J connectivity index is 0.00000208. The maximum Gasteiger partial charge on any atom is 0.243 e. The molecule has 1 unspecified atom stereocenters. The van der Waals surface area contributed by atoms with Crippen LogP contribution in [-0.2, 0) is 17.8 Å². The van der Waals surface area contributed by atoms with Crippen LogP contribution in [0.15, 0.2) is 12.1 Å². The van der Waals surface area contributed by atoms with Crippen LogP contribution in [0, 0.1) is 0 Å². The molecular weight excluding hydrogens is 328 g/mol. The van der Waals surface area contributed by atoms with Gasteiger partial charge in [-0.1, -0.05) is 6.92 Å². The second-order valence-electron chi connectivity index (χ2n) is 6.42. The Labute approximate surface area is 150 Å². The number of halogens is 1. The number of amides is 1. The van der Waals surface area contributed by atoms with E-state index >= 15 is 0 Å². The zero-order valence-corrected chi connectivity index (χ0v) is 15.5. The molecule has 2 aliphatic rings. The monoisotopic (exact) mass is 354 g/mol. The fourth-order valence-electron chi connectivity index (χ4n) is 3.80. The number of hydrogen-bond acceptors (Lipinski definition) is 4. The molecule has 0 aromatic heterocycles. The summed E-state index contributed by atoms with van der Waals surface area (Å²) in [4.78, 5) is 15.0. The minimum atomic E-state index is -0.353. The molecule has 0 aliphatic carbocycles. The normalized spacial score (nSPS) is 22.5. The van der Waals surface area contributed by atoms with Crippen LogP contribution in [-0.4, -0.2) is 43.7 Å². The highest BCUT2D eigenvalue weighted by Gasteiger charge is 2.42. The first-order valence-corrected chi connectivity index (χ1v) is 8.41. The van der Waals surface area contributed by atoms with Crippen LogP contribution in [0.1, 0.15) is 37.3 Å². The fourth-order valence-corrected chi connectivity index (χ4v) is 3.80. The highest BCUT2D eigenvalue weighted by Crippen LogP contribution is 2.34. The quantitative estimate of drug-likeness (QED) is 0.902. The molecular formula is C18H27ClN2O3. The highest BCUT2D eigenvalue weighted by molar-refractivity contribution is 5.87. The van der Waals surface area contributed by atoms with E-state index in [1.54, 1.807) is 14.2 Å². The van der Waals surface area contributed by atoms with Gasteiger partial charge in [0, 0.05) is 13.1 Å². The van der Waals surface area contributed by atoms with E-state index in [0.717, 1.165) is 55.8 Å². The molecule has 2 heterocycles. The minimum absolute atomic E-state index is 0. The number of methoxy groups -OCH3 is 2. The lowest BCUT2D eigenvalue weighted by atomic mass is 9.90. The van der Waals surface area contributed by atoms with Gasteiger partial charge in [-0.15, -0.1) is 12.4 Å². The zero-order chi connectivity index (χ0) is 16.4. The van der Waals surface area contributed by atoms with Gasteiger partial charge in [0.15, 0.2) is 11.5 Å². The number of hydrogen-bond donors (Lipinski definition) is 1. The molecule has 0 bridgehead atoms. The molecule has 6 heteroatoms. The van der Waals surface area contributed by atoms with Gasteiger partial charge in [-0.25, -0.2) is 0 Å². The molecule has 24 heavy (non-hydrogen) atoms. The Kier molecular flexibility index (Phi) is 5.99. The molecule has 0 spiro atoms. The molecule has 1 aromatic rings. The Morgan fingerprint density at radius 2 is 1.92 bits per heavy atom. The van der Waals surface area contributed by atoms with Crippen LogP contribution in [0.5, 0.6) is 11.5 Å². The van der Waals surface area contributed by atoms with E-state index < -0.39 is 0 Å². The maximum atomic E-state index is 13.0. The van der Waals surface area contributed by atoms with Gasteiger partial charge in [-0.2, -0.15) is 0 Å². The number of carbonyl (C=O) groups is 1. The largest absolute Gasteiger partial charge is 0.493 e. The first kappa shape index (κ1) is 18.9. The highest BCUT2D eigenvalue weighted by atomic mass is 35.5. The molecule has 1 fully saturated rings. The number of ether oxygens (including phenoxy) is 2. The van der Waals surface area contributed by atoms with Crippen molar-refractivity contribution in [3.63, 3.8) is 0 Å². The fraction of sp³-hybridized carbons (Fsp3) is 0.611. The van der Waals surface area contributed by atoms with Gasteiger partial charge >= 0.3 is 0 Å². The van der Waals surface area contributed by atoms with Crippen molar-refractivity contribution in [1.82, 2.24) is 10.2 Å². The lowest BCUT2D eigenvalue weighted by Gasteiger charge is -2.37. The van der Waals surface area contributed by atoms with E-state index in [-0.39, 0.29) is 23.9 Å². The Hall–Kier alpha value is -1.46. The summed E-state index contributed by atoms with van der Waals surface area (Å²) in [5, 5.41) is 3.45. The predicted molar refractivity (Wildman–Crippen MR) is 96.2 cm³/mol. The van der Waals surface area contributed by atoms with Crippen LogP contribution in [0.3, 0.4) is 0 Å². The summed E-state index contributed by atoms with van der Waals surface area (Å²) in [6, 6.07) is 4.05. The van der Waals surface area contributed by atoms with Crippen LogP contribution < -0.4 is 14.8 Å². The van der Waals surface area contributed by atoms with Crippen molar-refractivity contribution in [1.29, 1.82) is 0 Å². The summed E-state index contributed by atoms with van der Waals surface area (Å²) >= 11 is 0. The van der Waals surface area contributed by atoms with Crippen LogP contribution in [0.4, 0.5) is 0 Å². The number of carbonyl (C=O) groups excluding carboxylic acids is 1. The lowest BCUT2D eigenvalue weighted by Crippen LogP contribution is -2.55. The van der Waals surface area contributed by atoms with E-state index in [4.69, 9.17) is 9.47 Å². The van der Waals surface area contributed by atoms with Gasteiger partial charge in [-0.3, -0.25) is 4.79 Å². The third-order valence-corrected chi connectivity index (χ3v) is 5.26.